The van der Waals surface area contributed by atoms with Crippen molar-refractivity contribution in [3.05, 3.63) is 101 Å². The van der Waals surface area contributed by atoms with Crippen molar-refractivity contribution >= 4 is 27.3 Å². The summed E-state index contributed by atoms with van der Waals surface area (Å²) in [6, 6.07) is 22.5. The van der Waals surface area contributed by atoms with Crippen molar-refractivity contribution in [3.8, 4) is 0 Å². The third-order valence-electron chi connectivity index (χ3n) is 4.92. The minimum Gasteiger partial charge on any atom is -0.354 e. The Balaban J connectivity index is 1.85. The zero-order chi connectivity index (χ0) is 23.1. The highest BCUT2D eigenvalue weighted by Gasteiger charge is 2.28. The average molecular weight is 454 g/mol. The van der Waals surface area contributed by atoms with Crippen LogP contribution < -0.4 is 9.62 Å². The molecule has 0 radical (unpaired) electrons. The third kappa shape index (κ3) is 5.50. The van der Waals surface area contributed by atoms with Gasteiger partial charge < -0.3 is 5.32 Å². The number of nitro benzene ring substituents is 1. The zero-order valence-electron chi connectivity index (χ0n) is 17.4. The highest BCUT2D eigenvalue weighted by atomic mass is 32.2. The average Bonchev–Trinajstić information content (AvgIpc) is 2.82. The van der Waals surface area contributed by atoms with Gasteiger partial charge >= 0.3 is 0 Å². The van der Waals surface area contributed by atoms with E-state index in [9.17, 15) is 23.3 Å². The summed E-state index contributed by atoms with van der Waals surface area (Å²) >= 11 is 0. The molecule has 0 heterocycles. The van der Waals surface area contributed by atoms with E-state index in [1.54, 1.807) is 18.2 Å². The van der Waals surface area contributed by atoms with Gasteiger partial charge in [-0.15, -0.1) is 0 Å². The molecule has 1 N–H and O–H groups in total. The van der Waals surface area contributed by atoms with Crippen LogP contribution in [0, 0.1) is 10.1 Å². The molecule has 0 saturated carbocycles. The Labute approximate surface area is 186 Å². The first-order valence-electron chi connectivity index (χ1n) is 9.93. The van der Waals surface area contributed by atoms with E-state index in [0.717, 1.165) is 15.9 Å². The van der Waals surface area contributed by atoms with Crippen molar-refractivity contribution in [1.29, 1.82) is 0 Å². The van der Waals surface area contributed by atoms with Gasteiger partial charge in [0, 0.05) is 18.7 Å². The monoisotopic (exact) mass is 453 g/mol. The minimum absolute atomic E-state index is 0.0167. The molecule has 0 aromatic heterocycles. The molecule has 0 unspecified atom stereocenters. The fourth-order valence-electron chi connectivity index (χ4n) is 3.15. The zero-order valence-corrected chi connectivity index (χ0v) is 18.2. The molecular weight excluding hydrogens is 430 g/mol. The normalized spacial score (nSPS) is 12.0. The summed E-state index contributed by atoms with van der Waals surface area (Å²) in [5.74, 6) is -0.490. The summed E-state index contributed by atoms with van der Waals surface area (Å²) in [6.45, 7) is 1.76. The van der Waals surface area contributed by atoms with E-state index in [1.165, 1.54) is 30.3 Å². The standard InChI is InChI=1S/C23H23N3O5S/c1-18(19-9-4-2-5-10-19)16-24-23(27)17-25(20-11-8-12-21(15-20)26(28)29)32(30,31)22-13-6-3-7-14-22/h2-15,18H,16-17H2,1H3,(H,24,27)/t18-/m1/s1. The lowest BCUT2D eigenvalue weighted by molar-refractivity contribution is -0.384. The fourth-order valence-corrected chi connectivity index (χ4v) is 4.58. The Morgan fingerprint density at radius 2 is 1.62 bits per heavy atom. The van der Waals surface area contributed by atoms with E-state index in [4.69, 9.17) is 0 Å². The molecule has 0 aliphatic rings. The maximum atomic E-state index is 13.3. The lowest BCUT2D eigenvalue weighted by atomic mass is 10.0. The number of hydrogen-bond acceptors (Lipinski definition) is 5. The van der Waals surface area contributed by atoms with Crippen LogP contribution in [0.1, 0.15) is 18.4 Å². The van der Waals surface area contributed by atoms with Crippen molar-refractivity contribution in [2.75, 3.05) is 17.4 Å². The lowest BCUT2D eigenvalue weighted by Gasteiger charge is -2.24. The lowest BCUT2D eigenvalue weighted by Crippen LogP contribution is -2.41. The molecule has 32 heavy (non-hydrogen) atoms. The number of sulfonamides is 1. The van der Waals surface area contributed by atoms with Crippen LogP contribution in [0.5, 0.6) is 0 Å². The molecule has 166 valence electrons. The molecule has 1 atom stereocenters. The number of carbonyl (C=O) groups is 1. The number of anilines is 1. The molecule has 0 saturated heterocycles. The molecule has 3 rings (SSSR count). The van der Waals surface area contributed by atoms with Gasteiger partial charge in [-0.25, -0.2) is 8.42 Å². The van der Waals surface area contributed by atoms with Crippen LogP contribution in [-0.4, -0.2) is 32.3 Å². The molecular formula is C23H23N3O5S. The van der Waals surface area contributed by atoms with Gasteiger partial charge in [0.15, 0.2) is 0 Å². The van der Waals surface area contributed by atoms with Gasteiger partial charge in [0.2, 0.25) is 5.91 Å². The molecule has 1 amide bonds. The molecule has 9 heteroatoms. The van der Waals surface area contributed by atoms with Crippen LogP contribution in [0.25, 0.3) is 0 Å². The number of nitrogens with zero attached hydrogens (tertiary/aromatic N) is 2. The summed E-state index contributed by atoms with van der Waals surface area (Å²) in [5.41, 5.74) is 0.809. The van der Waals surface area contributed by atoms with E-state index >= 15 is 0 Å². The number of non-ortho nitro benzene ring substituents is 1. The molecule has 0 aliphatic carbocycles. The van der Waals surface area contributed by atoms with Crippen molar-refractivity contribution in [3.63, 3.8) is 0 Å². The first kappa shape index (κ1) is 23.0. The SMILES string of the molecule is C[C@H](CNC(=O)CN(c1cccc([N+](=O)[O-])c1)S(=O)(=O)c1ccccc1)c1ccccc1. The second kappa shape index (κ2) is 10.1. The Hall–Kier alpha value is -3.72. The van der Waals surface area contributed by atoms with Crippen LogP contribution in [0.4, 0.5) is 11.4 Å². The maximum absolute atomic E-state index is 13.3. The molecule has 8 nitrogen and oxygen atoms in total. The van der Waals surface area contributed by atoms with Gasteiger partial charge in [-0.2, -0.15) is 0 Å². The molecule has 0 bridgehead atoms. The van der Waals surface area contributed by atoms with E-state index in [2.05, 4.69) is 5.32 Å². The molecule has 3 aromatic carbocycles. The third-order valence-corrected chi connectivity index (χ3v) is 6.71. The molecule has 0 spiro atoms. The van der Waals surface area contributed by atoms with E-state index in [1.807, 2.05) is 37.3 Å². The summed E-state index contributed by atoms with van der Waals surface area (Å²) in [7, 11) is -4.13. The topological polar surface area (TPSA) is 110 Å². The van der Waals surface area contributed by atoms with Gasteiger partial charge in [-0.1, -0.05) is 61.5 Å². The van der Waals surface area contributed by atoms with Gasteiger partial charge in [0.1, 0.15) is 6.54 Å². The summed E-state index contributed by atoms with van der Waals surface area (Å²) in [5, 5.41) is 14.0. The van der Waals surface area contributed by atoms with Gasteiger partial charge in [-0.05, 0) is 29.7 Å². The largest absolute Gasteiger partial charge is 0.354 e. The van der Waals surface area contributed by atoms with Crippen LogP contribution in [0.2, 0.25) is 0 Å². The number of amides is 1. The fraction of sp³-hybridized carbons (Fsp3) is 0.174. The smallest absolute Gasteiger partial charge is 0.271 e. The number of rotatable bonds is 9. The predicted molar refractivity (Wildman–Crippen MR) is 122 cm³/mol. The Bertz CT molecular complexity index is 1180. The minimum atomic E-state index is -4.13. The van der Waals surface area contributed by atoms with Crippen LogP contribution >= 0.6 is 0 Å². The first-order chi connectivity index (χ1) is 15.3. The summed E-state index contributed by atoms with van der Waals surface area (Å²) in [6.07, 6.45) is 0. The van der Waals surface area contributed by atoms with Gasteiger partial charge in [0.25, 0.3) is 15.7 Å². The number of nitrogens with one attached hydrogen (secondary N) is 1. The van der Waals surface area contributed by atoms with Crippen molar-refractivity contribution in [2.24, 2.45) is 0 Å². The number of carbonyl (C=O) groups excluding carboxylic acids is 1. The highest BCUT2D eigenvalue weighted by molar-refractivity contribution is 7.92. The maximum Gasteiger partial charge on any atom is 0.271 e. The van der Waals surface area contributed by atoms with Crippen molar-refractivity contribution in [2.45, 2.75) is 17.7 Å². The Morgan fingerprint density at radius 1 is 1.00 bits per heavy atom. The Kier molecular flexibility index (Phi) is 7.21. The predicted octanol–water partition coefficient (Wildman–Crippen LogP) is 3.71. The van der Waals surface area contributed by atoms with Crippen LogP contribution in [0.3, 0.4) is 0 Å². The van der Waals surface area contributed by atoms with Gasteiger partial charge in [0.05, 0.1) is 15.5 Å². The van der Waals surface area contributed by atoms with Crippen molar-refractivity contribution in [1.82, 2.24) is 5.32 Å². The van der Waals surface area contributed by atoms with E-state index in [0.29, 0.717) is 6.54 Å². The number of benzene rings is 3. The summed E-state index contributed by atoms with van der Waals surface area (Å²) in [4.78, 5) is 23.3. The number of nitro groups is 1. The summed E-state index contributed by atoms with van der Waals surface area (Å²) < 4.78 is 27.5. The molecule has 3 aromatic rings. The highest BCUT2D eigenvalue weighted by Crippen LogP contribution is 2.27. The van der Waals surface area contributed by atoms with Gasteiger partial charge in [-0.3, -0.25) is 19.2 Å². The quantitative estimate of drug-likeness (QED) is 0.392. The second-order valence-electron chi connectivity index (χ2n) is 7.22. The van der Waals surface area contributed by atoms with Crippen molar-refractivity contribution < 1.29 is 18.1 Å². The molecule has 0 aliphatic heterocycles. The number of hydrogen-bond donors (Lipinski definition) is 1. The van der Waals surface area contributed by atoms with E-state index in [-0.39, 0.29) is 22.2 Å². The second-order valence-corrected chi connectivity index (χ2v) is 9.08. The molecule has 0 fully saturated rings. The first-order valence-corrected chi connectivity index (χ1v) is 11.4. The van der Waals surface area contributed by atoms with Crippen LogP contribution in [0.15, 0.2) is 89.8 Å². The van der Waals surface area contributed by atoms with Crippen LogP contribution in [-0.2, 0) is 14.8 Å². The van der Waals surface area contributed by atoms with E-state index < -0.39 is 27.4 Å². The Morgan fingerprint density at radius 3 is 2.25 bits per heavy atom.